The van der Waals surface area contributed by atoms with Crippen molar-refractivity contribution < 1.29 is 28.0 Å². The Bertz CT molecular complexity index is 1040. The molecule has 1 aromatic carbocycles. The van der Waals surface area contributed by atoms with Crippen LogP contribution < -0.4 is 9.47 Å². The molecule has 5 rings (SSSR count). The predicted molar refractivity (Wildman–Crippen MR) is 81.6 cm³/mol. The molecular weight excluding hydrogens is 278 g/mol. The zero-order valence-electron chi connectivity index (χ0n) is 21.7. The first-order valence-electron chi connectivity index (χ1n) is 12.4. The molecule has 2 fully saturated rings. The van der Waals surface area contributed by atoms with Crippen LogP contribution in [-0.4, -0.2) is 43.4 Å². The molecule has 0 aromatic heterocycles. The van der Waals surface area contributed by atoms with Gasteiger partial charge in [0, 0.05) is 33.0 Å². The maximum atomic E-state index is 13.0. The van der Waals surface area contributed by atoms with Crippen LogP contribution in [-0.2, 0) is 16.6 Å². The van der Waals surface area contributed by atoms with Gasteiger partial charge in [-0.3, -0.25) is 4.79 Å². The number of methoxy groups -OCH3 is 1. The zero-order valence-corrected chi connectivity index (χ0v) is 11.7. The number of benzene rings is 1. The van der Waals surface area contributed by atoms with Crippen molar-refractivity contribution in [2.45, 2.75) is 43.2 Å². The quantitative estimate of drug-likeness (QED) is 0.795. The van der Waals surface area contributed by atoms with E-state index in [0.717, 1.165) is 4.90 Å². The van der Waals surface area contributed by atoms with E-state index < -0.39 is 43.8 Å². The number of likely N-dealkylation sites (tertiary alicyclic amines) is 1. The monoisotopic (exact) mass is 309 g/mol. The minimum Gasteiger partial charge on any atom is -0.493 e. The van der Waals surface area contributed by atoms with E-state index >= 15 is 0 Å². The van der Waals surface area contributed by atoms with Crippen molar-refractivity contribution in [2.75, 3.05) is 20.6 Å². The Balaban J connectivity index is 1.88. The van der Waals surface area contributed by atoms with Crippen LogP contribution in [0.4, 0.5) is 0 Å². The van der Waals surface area contributed by atoms with Gasteiger partial charge in [-0.25, -0.2) is 0 Å². The van der Waals surface area contributed by atoms with Gasteiger partial charge in [0.25, 0.3) is 0 Å². The van der Waals surface area contributed by atoms with E-state index in [2.05, 4.69) is 0 Å². The summed E-state index contributed by atoms with van der Waals surface area (Å²) in [5, 5.41) is 0. The van der Waals surface area contributed by atoms with E-state index in [0.29, 0.717) is 0 Å². The summed E-state index contributed by atoms with van der Waals surface area (Å²) in [7, 11) is -2.83. The summed E-state index contributed by atoms with van der Waals surface area (Å²) in [6, 6.07) is -0.0856. The number of hydrogen-bond donors (Lipinski definition) is 0. The number of Topliss-reactive ketones (excluding diaryl/α,β-unsaturated/α-hetero) is 1. The van der Waals surface area contributed by atoms with Gasteiger partial charge >= 0.3 is 0 Å². The van der Waals surface area contributed by atoms with E-state index in [1.807, 2.05) is 0 Å². The van der Waals surface area contributed by atoms with Gasteiger partial charge in [0.05, 0.1) is 11.2 Å². The highest BCUT2D eigenvalue weighted by Gasteiger charge is 2.65. The summed E-state index contributed by atoms with van der Waals surface area (Å²) < 4.78 is 93.9. The Morgan fingerprint density at radius 3 is 3.41 bits per heavy atom. The lowest BCUT2D eigenvalue weighted by atomic mass is 9.52. The van der Waals surface area contributed by atoms with Crippen molar-refractivity contribution in [3.05, 3.63) is 23.3 Å². The fourth-order valence-corrected chi connectivity index (χ4v) is 4.48. The Morgan fingerprint density at radius 2 is 2.55 bits per heavy atom. The van der Waals surface area contributed by atoms with Crippen LogP contribution in [0, 0.1) is 5.89 Å². The number of ether oxygens (including phenoxy) is 2. The summed E-state index contributed by atoms with van der Waals surface area (Å²) in [5.74, 6) is -2.70. The summed E-state index contributed by atoms with van der Waals surface area (Å²) in [6.45, 7) is -3.09. The first-order chi connectivity index (χ1) is 14.5. The van der Waals surface area contributed by atoms with Crippen LogP contribution in [0.5, 0.6) is 11.5 Å². The Morgan fingerprint density at radius 1 is 1.59 bits per heavy atom. The molecule has 4 aliphatic rings. The van der Waals surface area contributed by atoms with Crippen molar-refractivity contribution in [1.82, 2.24) is 4.90 Å². The molecule has 2 aliphatic heterocycles. The number of carbonyl (C=O) groups is 1. The molecule has 1 unspecified atom stereocenters. The normalized spacial score (nSPS) is 55.3. The third kappa shape index (κ3) is 1.27. The highest BCUT2D eigenvalue weighted by Crippen LogP contribution is 2.62. The standard InChI is InChI=1S/C18H21NO3/c1-19-8-7-18-11-4-5-13(20)17(18)22-16-14(21-2)6-3-10(15(16)18)9-12(11)19/h3,6,11-12,17H,4-5,7-9H2,1-2H3/t11-,12+,17?,18-/m0/s1/i1D3,2D3,9D2,11D,12D. The molecule has 2 heterocycles. The second-order valence-electron chi connectivity index (χ2n) is 6.21. The highest BCUT2D eigenvalue weighted by atomic mass is 16.5. The minimum absolute atomic E-state index is 0.0285. The Kier molecular flexibility index (Phi) is 1.20. The average molecular weight is 309 g/mol. The molecule has 1 saturated carbocycles. The summed E-state index contributed by atoms with van der Waals surface area (Å²) in [6.07, 6.45) is -4.32. The molecular formula is C18H21NO3. The number of rotatable bonds is 1. The van der Waals surface area contributed by atoms with Gasteiger partial charge in [-0.05, 0) is 50.3 Å². The van der Waals surface area contributed by atoms with E-state index in [1.165, 1.54) is 12.1 Å². The average Bonchev–Trinajstić information content (AvgIpc) is 2.98. The van der Waals surface area contributed by atoms with Crippen molar-refractivity contribution in [1.29, 1.82) is 0 Å². The molecule has 22 heavy (non-hydrogen) atoms. The minimum atomic E-state index is -2.84. The molecule has 4 atom stereocenters. The van der Waals surface area contributed by atoms with E-state index in [-0.39, 0.29) is 54.2 Å². The third-order valence-corrected chi connectivity index (χ3v) is 5.35. The van der Waals surface area contributed by atoms with Crippen molar-refractivity contribution in [3.8, 4) is 11.5 Å². The van der Waals surface area contributed by atoms with E-state index in [9.17, 15) is 7.54 Å². The number of ketones is 1. The van der Waals surface area contributed by atoms with Crippen LogP contribution in [0.25, 0.3) is 0 Å². The summed E-state index contributed by atoms with van der Waals surface area (Å²) in [5.41, 5.74) is -1.41. The maximum Gasteiger partial charge on any atom is 0.174 e. The fraction of sp³-hybridized carbons (Fsp3) is 0.611. The van der Waals surface area contributed by atoms with Gasteiger partial charge in [0.1, 0.15) is 0 Å². The molecule has 2 aliphatic carbocycles. The van der Waals surface area contributed by atoms with Crippen molar-refractivity contribution >= 4 is 5.78 Å². The SMILES string of the molecule is [2H]C([2H])([2H])Oc1ccc2c3c1OC1C(=O)CC[C@]4([2H])[C@@]31CCN(C([2H])([2H])[2H])[C@]4([2H])C2([2H])[2H]. The van der Waals surface area contributed by atoms with E-state index in [1.54, 1.807) is 0 Å². The topological polar surface area (TPSA) is 38.8 Å². The predicted octanol–water partition coefficient (Wildman–Crippen LogP) is 1.93. The number of piperidine rings is 1. The molecule has 0 radical (unpaired) electrons. The van der Waals surface area contributed by atoms with Gasteiger partial charge in [-0.2, -0.15) is 0 Å². The summed E-state index contributed by atoms with van der Waals surface area (Å²) in [4.78, 5) is 13.7. The maximum absolute atomic E-state index is 13.0. The molecule has 2 bridgehead atoms. The van der Waals surface area contributed by atoms with E-state index in [4.69, 9.17) is 20.4 Å². The Hall–Kier alpha value is -1.55. The molecule has 1 aromatic rings. The lowest BCUT2D eigenvalue weighted by molar-refractivity contribution is -0.138. The van der Waals surface area contributed by atoms with Gasteiger partial charge in [0.2, 0.25) is 0 Å². The van der Waals surface area contributed by atoms with Gasteiger partial charge in [-0.15, -0.1) is 0 Å². The molecule has 0 amide bonds. The molecule has 0 N–H and O–H groups in total. The molecule has 1 saturated heterocycles. The second-order valence-corrected chi connectivity index (χ2v) is 6.21. The number of likely N-dealkylation sites (N-methyl/N-ethyl adjacent to an activating group) is 1. The van der Waals surface area contributed by atoms with Crippen LogP contribution in [0.2, 0.25) is 0 Å². The molecule has 4 nitrogen and oxygen atoms in total. The number of nitrogens with zero attached hydrogens (tertiary/aromatic N) is 1. The first-order valence-corrected chi connectivity index (χ1v) is 7.36. The molecule has 116 valence electrons. The Labute approximate surface area is 144 Å². The van der Waals surface area contributed by atoms with Crippen LogP contribution in [0.3, 0.4) is 0 Å². The largest absolute Gasteiger partial charge is 0.493 e. The van der Waals surface area contributed by atoms with Crippen LogP contribution in [0.1, 0.15) is 44.1 Å². The van der Waals surface area contributed by atoms with Crippen LogP contribution in [0.15, 0.2) is 12.1 Å². The van der Waals surface area contributed by atoms with Gasteiger partial charge in [0.15, 0.2) is 23.4 Å². The second kappa shape index (κ2) is 4.05. The fourth-order valence-electron chi connectivity index (χ4n) is 4.48. The number of carbonyl (C=O) groups excluding carboxylic acids is 1. The smallest absolute Gasteiger partial charge is 0.174 e. The van der Waals surface area contributed by atoms with Crippen molar-refractivity contribution in [2.24, 2.45) is 5.89 Å². The lowest BCUT2D eigenvalue weighted by Gasteiger charge is -2.57. The van der Waals surface area contributed by atoms with Gasteiger partial charge in [-0.1, -0.05) is 6.07 Å². The first kappa shape index (κ1) is 6.52. The zero-order chi connectivity index (χ0) is 23.7. The van der Waals surface area contributed by atoms with Crippen LogP contribution >= 0.6 is 0 Å². The third-order valence-electron chi connectivity index (χ3n) is 5.35. The number of hydrogen-bond acceptors (Lipinski definition) is 4. The van der Waals surface area contributed by atoms with Gasteiger partial charge < -0.3 is 14.4 Å². The summed E-state index contributed by atoms with van der Waals surface area (Å²) >= 11 is 0. The lowest BCUT2D eigenvalue weighted by Crippen LogP contribution is -2.65. The highest BCUT2D eigenvalue weighted by molar-refractivity contribution is 5.89. The molecule has 1 spiro atoms. The van der Waals surface area contributed by atoms with Crippen molar-refractivity contribution in [3.63, 3.8) is 0 Å². The molecule has 4 heteroatoms.